The molecule has 0 saturated heterocycles. The molecule has 3 N–H and O–H groups in total. The first kappa shape index (κ1) is 26.4. The second kappa shape index (κ2) is 9.10. The van der Waals surface area contributed by atoms with Crippen molar-refractivity contribution in [1.29, 1.82) is 0 Å². The van der Waals surface area contributed by atoms with E-state index in [9.17, 15) is 23.9 Å². The van der Waals surface area contributed by atoms with E-state index in [1.165, 1.54) is 13.2 Å². The summed E-state index contributed by atoms with van der Waals surface area (Å²) in [6.07, 6.45) is 7.53. The van der Waals surface area contributed by atoms with Crippen molar-refractivity contribution in [3.05, 3.63) is 23.5 Å². The van der Waals surface area contributed by atoms with E-state index in [2.05, 4.69) is 17.6 Å². The molecule has 1 aromatic rings. The number of methoxy groups -OCH3 is 1. The van der Waals surface area contributed by atoms with Gasteiger partial charge in [0, 0.05) is 17.6 Å². The number of halogens is 1. The summed E-state index contributed by atoms with van der Waals surface area (Å²) in [4.78, 5) is 38.6. The Bertz CT molecular complexity index is 1190. The van der Waals surface area contributed by atoms with Gasteiger partial charge in [0.05, 0.1) is 30.1 Å². The van der Waals surface area contributed by atoms with Crippen LogP contribution >= 0.6 is 0 Å². The van der Waals surface area contributed by atoms with Crippen molar-refractivity contribution in [2.24, 2.45) is 28.6 Å². The first-order valence-corrected chi connectivity index (χ1v) is 14.3. The van der Waals surface area contributed by atoms with Gasteiger partial charge < -0.3 is 25.2 Å². The molecule has 2 amide bonds. The molecule has 212 valence electrons. The normalized spacial score (nSPS) is 39.7. The molecule has 0 radical (unpaired) electrons. The summed E-state index contributed by atoms with van der Waals surface area (Å²) in [6, 6.07) is 2.26. The minimum atomic E-state index is -0.832. The summed E-state index contributed by atoms with van der Waals surface area (Å²) in [5.74, 6) is -1.53. The van der Waals surface area contributed by atoms with Crippen molar-refractivity contribution in [3.8, 4) is 11.5 Å². The summed E-state index contributed by atoms with van der Waals surface area (Å²) >= 11 is 0. The predicted molar refractivity (Wildman–Crippen MR) is 140 cm³/mol. The Balaban J connectivity index is 1.16. The Kier molecular flexibility index (Phi) is 6.15. The Morgan fingerprint density at radius 1 is 1.00 bits per heavy atom. The van der Waals surface area contributed by atoms with E-state index in [-0.39, 0.29) is 58.4 Å². The molecule has 0 aromatic heterocycles. The Labute approximate surface area is 228 Å². The summed E-state index contributed by atoms with van der Waals surface area (Å²) in [7, 11) is 1.39. The SMILES string of the molecule is COc1cc(F)c(O[C@H]2CC[C@@](C)(C(=O)O)CC2)cc1C(=O)N[C@@H]1[C@@H]2CC[C@@H](C2)[C@@H]1C(=O)NC12CC(C)(C1)C2. The number of aliphatic carboxylic acids is 1. The highest BCUT2D eigenvalue weighted by atomic mass is 19.1. The van der Waals surface area contributed by atoms with Gasteiger partial charge in [0.2, 0.25) is 5.91 Å². The van der Waals surface area contributed by atoms with Crippen LogP contribution in [0.2, 0.25) is 0 Å². The number of rotatable bonds is 8. The van der Waals surface area contributed by atoms with E-state index in [1.54, 1.807) is 6.92 Å². The molecule has 4 bridgehead atoms. The lowest BCUT2D eigenvalue weighted by Gasteiger charge is -2.69. The third kappa shape index (κ3) is 4.45. The molecule has 39 heavy (non-hydrogen) atoms. The van der Waals surface area contributed by atoms with Crippen molar-refractivity contribution in [3.63, 3.8) is 0 Å². The maximum atomic E-state index is 15.0. The van der Waals surface area contributed by atoms with Crippen molar-refractivity contribution in [2.75, 3.05) is 7.11 Å². The zero-order valence-electron chi connectivity index (χ0n) is 23.0. The molecule has 9 heteroatoms. The fourth-order valence-electron chi connectivity index (χ4n) is 8.59. The average molecular weight is 543 g/mol. The predicted octanol–water partition coefficient (Wildman–Crippen LogP) is 4.45. The Hall–Kier alpha value is -2.84. The minimum Gasteiger partial charge on any atom is -0.496 e. The molecule has 1 aromatic carbocycles. The molecule has 6 aliphatic rings. The lowest BCUT2D eigenvalue weighted by Crippen LogP contribution is -2.74. The van der Waals surface area contributed by atoms with Gasteiger partial charge >= 0.3 is 5.97 Å². The number of carbonyl (C=O) groups is 3. The van der Waals surface area contributed by atoms with E-state index < -0.39 is 23.1 Å². The number of benzene rings is 1. The van der Waals surface area contributed by atoms with E-state index in [0.29, 0.717) is 31.1 Å². The molecular weight excluding hydrogens is 503 g/mol. The Morgan fingerprint density at radius 2 is 1.67 bits per heavy atom. The van der Waals surface area contributed by atoms with Crippen LogP contribution in [0.3, 0.4) is 0 Å². The summed E-state index contributed by atoms with van der Waals surface area (Å²) in [6.45, 7) is 3.98. The first-order chi connectivity index (χ1) is 18.4. The van der Waals surface area contributed by atoms with Gasteiger partial charge in [-0.15, -0.1) is 0 Å². The van der Waals surface area contributed by atoms with Crippen molar-refractivity contribution in [2.45, 2.75) is 95.7 Å². The highest BCUT2D eigenvalue weighted by Crippen LogP contribution is 2.67. The second-order valence-corrected chi connectivity index (χ2v) is 13.6. The average Bonchev–Trinajstić information content (AvgIpc) is 3.46. The fraction of sp³-hybridized carbons (Fsp3) is 0.700. The van der Waals surface area contributed by atoms with Gasteiger partial charge in [0.25, 0.3) is 5.91 Å². The highest BCUT2D eigenvalue weighted by Gasteiger charge is 2.66. The third-order valence-electron chi connectivity index (χ3n) is 10.5. The molecule has 0 spiro atoms. The zero-order chi connectivity index (χ0) is 27.7. The van der Waals surface area contributed by atoms with Crippen LogP contribution in [-0.4, -0.2) is 47.7 Å². The molecule has 4 atom stereocenters. The smallest absolute Gasteiger partial charge is 0.309 e. The molecule has 0 heterocycles. The number of carboxylic acid groups (broad SMARTS) is 1. The van der Waals surface area contributed by atoms with Gasteiger partial charge in [0.1, 0.15) is 5.75 Å². The van der Waals surface area contributed by atoms with E-state index >= 15 is 0 Å². The fourth-order valence-corrected chi connectivity index (χ4v) is 8.59. The van der Waals surface area contributed by atoms with Gasteiger partial charge in [-0.05, 0) is 94.4 Å². The van der Waals surface area contributed by atoms with Crippen LogP contribution in [0.25, 0.3) is 0 Å². The molecule has 6 fully saturated rings. The van der Waals surface area contributed by atoms with Crippen LogP contribution in [0.1, 0.15) is 88.4 Å². The molecule has 6 aliphatic carbocycles. The van der Waals surface area contributed by atoms with E-state index in [1.807, 2.05) is 0 Å². The van der Waals surface area contributed by atoms with Crippen LogP contribution in [-0.2, 0) is 9.59 Å². The lowest BCUT2D eigenvalue weighted by molar-refractivity contribution is -0.160. The van der Waals surface area contributed by atoms with Gasteiger partial charge in [-0.2, -0.15) is 0 Å². The lowest BCUT2D eigenvalue weighted by atomic mass is 9.40. The Morgan fingerprint density at radius 3 is 2.28 bits per heavy atom. The quantitative estimate of drug-likeness (QED) is 0.447. The summed E-state index contributed by atoms with van der Waals surface area (Å²) in [5, 5.41) is 15.9. The molecule has 7 rings (SSSR count). The topological polar surface area (TPSA) is 114 Å². The summed E-state index contributed by atoms with van der Waals surface area (Å²) in [5.41, 5.74) is -0.296. The molecule has 0 aliphatic heterocycles. The zero-order valence-corrected chi connectivity index (χ0v) is 23.0. The number of fused-ring (bicyclic) bond motifs is 2. The van der Waals surface area contributed by atoms with Crippen molar-refractivity contribution in [1.82, 2.24) is 10.6 Å². The number of hydrogen-bond donors (Lipinski definition) is 3. The standard InChI is InChI=1S/C30H39FN2O6/c1-28-13-30(14-28,15-28)33-26(35)23-16-4-5-17(10-16)24(23)32-25(34)19-11-22(20(31)12-21(19)38-3)39-18-6-8-29(2,9-7-18)27(36)37/h11-12,16-18,23-24H,4-10,13-15H2,1-3H3,(H,32,34)(H,33,35)(H,36,37)/t16-,17+,18-,23-,24+,28?,29+,30?/m0/s1. The van der Waals surface area contributed by atoms with E-state index in [4.69, 9.17) is 9.47 Å². The maximum Gasteiger partial charge on any atom is 0.309 e. The van der Waals surface area contributed by atoms with Crippen LogP contribution in [0.5, 0.6) is 11.5 Å². The minimum absolute atomic E-state index is 0.0460. The number of carbonyl (C=O) groups excluding carboxylic acids is 2. The van der Waals surface area contributed by atoms with E-state index in [0.717, 1.165) is 44.6 Å². The van der Waals surface area contributed by atoms with Crippen molar-refractivity contribution >= 4 is 17.8 Å². The molecule has 6 saturated carbocycles. The molecular formula is C30H39FN2O6. The first-order valence-electron chi connectivity index (χ1n) is 14.3. The number of hydrogen-bond acceptors (Lipinski definition) is 5. The number of nitrogens with one attached hydrogen (secondary N) is 2. The van der Waals surface area contributed by atoms with Gasteiger partial charge in [0.15, 0.2) is 11.6 Å². The van der Waals surface area contributed by atoms with Crippen LogP contribution in [0, 0.1) is 34.4 Å². The molecule has 8 nitrogen and oxygen atoms in total. The third-order valence-corrected chi connectivity index (χ3v) is 10.5. The number of amides is 2. The largest absolute Gasteiger partial charge is 0.496 e. The number of ether oxygens (including phenoxy) is 2. The van der Waals surface area contributed by atoms with Crippen LogP contribution < -0.4 is 20.1 Å². The van der Waals surface area contributed by atoms with Gasteiger partial charge in [-0.1, -0.05) is 6.92 Å². The van der Waals surface area contributed by atoms with Gasteiger partial charge in [-0.25, -0.2) is 4.39 Å². The summed E-state index contributed by atoms with van der Waals surface area (Å²) < 4.78 is 26.3. The second-order valence-electron chi connectivity index (χ2n) is 13.6. The number of carboxylic acids is 1. The monoisotopic (exact) mass is 542 g/mol. The molecule has 0 unspecified atom stereocenters. The van der Waals surface area contributed by atoms with Gasteiger partial charge in [-0.3, -0.25) is 14.4 Å². The highest BCUT2D eigenvalue weighted by molar-refractivity contribution is 5.98. The maximum absolute atomic E-state index is 15.0. The van der Waals surface area contributed by atoms with Crippen LogP contribution in [0.15, 0.2) is 12.1 Å². The van der Waals surface area contributed by atoms with Crippen molar-refractivity contribution < 1.29 is 33.4 Å². The van der Waals surface area contributed by atoms with Crippen LogP contribution in [0.4, 0.5) is 4.39 Å².